The van der Waals surface area contributed by atoms with Crippen LogP contribution in [0, 0.1) is 5.92 Å². The molecular formula is C14H20FNO3. The number of nitrogens with two attached hydrogens (primary N) is 1. The first-order valence-electron chi connectivity index (χ1n) is 6.16. The van der Waals surface area contributed by atoms with Gasteiger partial charge in [-0.2, -0.15) is 0 Å². The SMILES string of the molecule is COC(=O)/C(=C(/N)CC1=CC=C(F)C(C)C1)C(C)O. The van der Waals surface area contributed by atoms with Crippen LogP contribution in [0.25, 0.3) is 0 Å². The first-order valence-corrected chi connectivity index (χ1v) is 6.16. The van der Waals surface area contributed by atoms with Crippen molar-refractivity contribution in [2.45, 2.75) is 32.8 Å². The van der Waals surface area contributed by atoms with Crippen LogP contribution in [0.1, 0.15) is 26.7 Å². The second kappa shape index (κ2) is 6.52. The van der Waals surface area contributed by atoms with Crippen molar-refractivity contribution in [3.05, 3.63) is 34.8 Å². The maximum atomic E-state index is 13.2. The minimum absolute atomic E-state index is 0.0612. The number of rotatable bonds is 4. The zero-order valence-electron chi connectivity index (χ0n) is 11.4. The Morgan fingerprint density at radius 3 is 2.74 bits per heavy atom. The Kier molecular flexibility index (Phi) is 5.30. The Morgan fingerprint density at radius 2 is 2.26 bits per heavy atom. The van der Waals surface area contributed by atoms with Crippen LogP contribution in [0.4, 0.5) is 4.39 Å². The molecule has 1 rings (SSSR count). The van der Waals surface area contributed by atoms with Crippen molar-refractivity contribution in [2.75, 3.05) is 7.11 Å². The number of halogens is 1. The van der Waals surface area contributed by atoms with Gasteiger partial charge in [0.05, 0.1) is 18.8 Å². The van der Waals surface area contributed by atoms with Crippen molar-refractivity contribution in [3.63, 3.8) is 0 Å². The number of hydrogen-bond donors (Lipinski definition) is 2. The Bertz CT molecular complexity index is 450. The minimum atomic E-state index is -0.999. The van der Waals surface area contributed by atoms with Gasteiger partial charge in [0.15, 0.2) is 0 Å². The molecule has 1 aliphatic carbocycles. The van der Waals surface area contributed by atoms with Gasteiger partial charge in [0.2, 0.25) is 0 Å². The van der Waals surface area contributed by atoms with Crippen LogP contribution in [0.15, 0.2) is 34.8 Å². The van der Waals surface area contributed by atoms with E-state index in [-0.39, 0.29) is 23.0 Å². The van der Waals surface area contributed by atoms with E-state index in [1.165, 1.54) is 20.1 Å². The molecule has 0 fully saturated rings. The molecule has 0 aromatic rings. The summed E-state index contributed by atoms with van der Waals surface area (Å²) in [6, 6.07) is 0. The van der Waals surface area contributed by atoms with Crippen LogP contribution in [-0.4, -0.2) is 24.3 Å². The lowest BCUT2D eigenvalue weighted by molar-refractivity contribution is -0.137. The van der Waals surface area contributed by atoms with Crippen LogP contribution in [0.3, 0.4) is 0 Å². The lowest BCUT2D eigenvalue weighted by Crippen LogP contribution is -2.22. The van der Waals surface area contributed by atoms with E-state index in [0.29, 0.717) is 12.8 Å². The van der Waals surface area contributed by atoms with Crippen molar-refractivity contribution in [1.82, 2.24) is 0 Å². The zero-order valence-corrected chi connectivity index (χ0v) is 11.4. The van der Waals surface area contributed by atoms with Crippen LogP contribution in [0.2, 0.25) is 0 Å². The molecule has 0 aromatic carbocycles. The number of ether oxygens (including phenoxy) is 1. The molecule has 0 spiro atoms. The predicted molar refractivity (Wildman–Crippen MR) is 70.6 cm³/mol. The average molecular weight is 269 g/mol. The van der Waals surface area contributed by atoms with Crippen molar-refractivity contribution in [2.24, 2.45) is 11.7 Å². The van der Waals surface area contributed by atoms with E-state index in [4.69, 9.17) is 5.73 Å². The molecule has 0 bridgehead atoms. The molecule has 19 heavy (non-hydrogen) atoms. The molecule has 0 saturated carbocycles. The second-order valence-electron chi connectivity index (χ2n) is 4.76. The second-order valence-corrected chi connectivity index (χ2v) is 4.76. The molecule has 2 atom stereocenters. The molecule has 0 heterocycles. The first kappa shape index (κ1) is 15.4. The van der Waals surface area contributed by atoms with E-state index in [0.717, 1.165) is 5.57 Å². The number of hydrogen-bond acceptors (Lipinski definition) is 4. The van der Waals surface area contributed by atoms with Gasteiger partial charge >= 0.3 is 5.97 Å². The summed E-state index contributed by atoms with van der Waals surface area (Å²) in [4.78, 5) is 11.5. The number of allylic oxidation sites excluding steroid dienone is 4. The summed E-state index contributed by atoms with van der Waals surface area (Å²) in [5.41, 5.74) is 7.12. The number of carbonyl (C=O) groups is 1. The third kappa shape index (κ3) is 3.92. The predicted octanol–water partition coefficient (Wildman–Crippen LogP) is 1.96. The molecule has 0 radical (unpaired) electrons. The highest BCUT2D eigenvalue weighted by Crippen LogP contribution is 2.29. The van der Waals surface area contributed by atoms with Crippen molar-refractivity contribution < 1.29 is 19.0 Å². The van der Waals surface area contributed by atoms with Gasteiger partial charge < -0.3 is 15.6 Å². The highest BCUT2D eigenvalue weighted by atomic mass is 19.1. The number of aliphatic hydroxyl groups is 1. The van der Waals surface area contributed by atoms with Crippen LogP contribution in [0.5, 0.6) is 0 Å². The molecule has 4 nitrogen and oxygen atoms in total. The molecule has 0 saturated heterocycles. The molecular weight excluding hydrogens is 249 g/mol. The lowest BCUT2D eigenvalue weighted by atomic mass is 9.91. The van der Waals surface area contributed by atoms with Gasteiger partial charge in [0.1, 0.15) is 5.83 Å². The Morgan fingerprint density at radius 1 is 1.63 bits per heavy atom. The Labute approximate surface area is 112 Å². The lowest BCUT2D eigenvalue weighted by Gasteiger charge is -2.18. The minimum Gasteiger partial charge on any atom is -0.466 e. The first-order chi connectivity index (χ1) is 8.86. The highest BCUT2D eigenvalue weighted by Gasteiger charge is 2.21. The quantitative estimate of drug-likeness (QED) is 0.604. The van der Waals surface area contributed by atoms with Crippen molar-refractivity contribution in [3.8, 4) is 0 Å². The normalized spacial score (nSPS) is 22.1. The topological polar surface area (TPSA) is 72.5 Å². The van der Waals surface area contributed by atoms with Crippen molar-refractivity contribution >= 4 is 5.97 Å². The van der Waals surface area contributed by atoms with Gasteiger partial charge in [-0.15, -0.1) is 0 Å². The number of aliphatic hydroxyl groups excluding tert-OH is 1. The monoisotopic (exact) mass is 269 g/mol. The summed E-state index contributed by atoms with van der Waals surface area (Å²) >= 11 is 0. The molecule has 0 aromatic heterocycles. The average Bonchev–Trinajstić information content (AvgIpc) is 2.33. The largest absolute Gasteiger partial charge is 0.466 e. The van der Waals surface area contributed by atoms with Crippen molar-refractivity contribution in [1.29, 1.82) is 0 Å². The van der Waals surface area contributed by atoms with E-state index in [2.05, 4.69) is 4.74 Å². The summed E-state index contributed by atoms with van der Waals surface area (Å²) in [6.45, 7) is 3.24. The van der Waals surface area contributed by atoms with Gasteiger partial charge in [0.25, 0.3) is 0 Å². The number of esters is 1. The van der Waals surface area contributed by atoms with Gasteiger partial charge in [-0.25, -0.2) is 9.18 Å². The van der Waals surface area contributed by atoms with Gasteiger partial charge in [0, 0.05) is 18.0 Å². The van der Waals surface area contributed by atoms with E-state index >= 15 is 0 Å². The van der Waals surface area contributed by atoms with Crippen LogP contribution >= 0.6 is 0 Å². The zero-order chi connectivity index (χ0) is 14.6. The fourth-order valence-corrected chi connectivity index (χ4v) is 2.07. The number of carbonyl (C=O) groups excluding carboxylic acids is 1. The van der Waals surface area contributed by atoms with Gasteiger partial charge in [-0.05, 0) is 19.4 Å². The standard InChI is InChI=1S/C14H20FNO3/c1-8-6-10(4-5-11(8)15)7-12(16)13(9(2)17)14(18)19-3/h4-5,8-9,17H,6-7,16H2,1-3H3/b13-12+. The molecule has 1 aliphatic rings. The smallest absolute Gasteiger partial charge is 0.338 e. The fraction of sp³-hybridized carbons (Fsp3) is 0.500. The third-order valence-electron chi connectivity index (χ3n) is 3.10. The van der Waals surface area contributed by atoms with E-state index in [9.17, 15) is 14.3 Å². The Balaban J connectivity index is 2.93. The van der Waals surface area contributed by atoms with Crippen LogP contribution in [-0.2, 0) is 9.53 Å². The molecule has 2 unspecified atom stereocenters. The highest BCUT2D eigenvalue weighted by molar-refractivity contribution is 5.90. The molecule has 5 heteroatoms. The van der Waals surface area contributed by atoms with E-state index in [1.807, 2.05) is 0 Å². The van der Waals surface area contributed by atoms with E-state index < -0.39 is 12.1 Å². The van der Waals surface area contributed by atoms with Gasteiger partial charge in [-0.1, -0.05) is 18.6 Å². The molecule has 0 aliphatic heterocycles. The summed E-state index contributed by atoms with van der Waals surface area (Å²) < 4.78 is 17.8. The van der Waals surface area contributed by atoms with Crippen LogP contribution < -0.4 is 5.73 Å². The molecule has 106 valence electrons. The number of methoxy groups -OCH3 is 1. The summed E-state index contributed by atoms with van der Waals surface area (Å²) in [5, 5.41) is 9.58. The molecule has 3 N–H and O–H groups in total. The van der Waals surface area contributed by atoms with E-state index in [1.54, 1.807) is 13.0 Å². The maximum Gasteiger partial charge on any atom is 0.338 e. The third-order valence-corrected chi connectivity index (χ3v) is 3.10. The summed E-state index contributed by atoms with van der Waals surface area (Å²) in [5.74, 6) is -0.977. The summed E-state index contributed by atoms with van der Waals surface area (Å²) in [7, 11) is 1.23. The molecule has 0 amide bonds. The fourth-order valence-electron chi connectivity index (χ4n) is 2.07. The Hall–Kier alpha value is -1.62. The van der Waals surface area contributed by atoms with Gasteiger partial charge in [-0.3, -0.25) is 0 Å². The summed E-state index contributed by atoms with van der Waals surface area (Å²) in [6.07, 6.45) is 2.96. The maximum absolute atomic E-state index is 13.2.